The van der Waals surface area contributed by atoms with Gasteiger partial charge in [-0.25, -0.2) is 5.01 Å². The Hall–Kier alpha value is -2.60. The van der Waals surface area contributed by atoms with Crippen molar-refractivity contribution in [1.29, 1.82) is 0 Å². The highest BCUT2D eigenvalue weighted by Crippen LogP contribution is 2.39. The summed E-state index contributed by atoms with van der Waals surface area (Å²) in [6, 6.07) is 10.5. The predicted molar refractivity (Wildman–Crippen MR) is 99.1 cm³/mol. The van der Waals surface area contributed by atoms with Crippen LogP contribution < -0.4 is 0 Å². The molecule has 2 heterocycles. The molecule has 4 rings (SSSR count). The largest absolute Gasteiger partial charge is 0.467 e. The highest BCUT2D eigenvalue weighted by atomic mass is 35.5. The monoisotopic (exact) mass is 386 g/mol. The number of amides is 1. The van der Waals surface area contributed by atoms with Crippen molar-refractivity contribution in [3.63, 3.8) is 0 Å². The summed E-state index contributed by atoms with van der Waals surface area (Å²) in [7, 11) is 0. The Balaban J connectivity index is 1.51. The molecule has 1 amide bonds. The van der Waals surface area contributed by atoms with Crippen molar-refractivity contribution in [2.24, 2.45) is 16.9 Å². The van der Waals surface area contributed by atoms with E-state index in [4.69, 9.17) is 20.8 Å². The number of carbonyl (C=O) groups is 2. The van der Waals surface area contributed by atoms with Crippen molar-refractivity contribution >= 4 is 29.2 Å². The first-order valence-corrected chi connectivity index (χ1v) is 9.26. The first-order chi connectivity index (χ1) is 13.0. The van der Waals surface area contributed by atoms with Gasteiger partial charge in [-0.05, 0) is 42.2 Å². The molecule has 0 bridgehead atoms. The van der Waals surface area contributed by atoms with Crippen molar-refractivity contribution in [2.45, 2.75) is 25.8 Å². The molecule has 1 fully saturated rings. The minimum Gasteiger partial charge on any atom is -0.467 e. The van der Waals surface area contributed by atoms with Crippen molar-refractivity contribution in [3.8, 4) is 0 Å². The van der Waals surface area contributed by atoms with Gasteiger partial charge in [0.25, 0.3) is 5.91 Å². The maximum atomic E-state index is 12.7. The number of benzene rings is 1. The third-order valence-corrected chi connectivity index (χ3v) is 5.22. The summed E-state index contributed by atoms with van der Waals surface area (Å²) in [6.07, 6.45) is 2.89. The SMILES string of the molecule is C[C@@H]1C[C@H]1C(=O)OCC(=O)N1N=C(c2ccc(Cl)cc2)C[C@H]1c1ccco1. The summed E-state index contributed by atoms with van der Waals surface area (Å²) in [5, 5.41) is 6.47. The molecule has 1 aliphatic heterocycles. The lowest BCUT2D eigenvalue weighted by Gasteiger charge is -2.19. The lowest BCUT2D eigenvalue weighted by Crippen LogP contribution is -2.31. The molecule has 1 saturated carbocycles. The number of ether oxygens (including phenoxy) is 1. The molecule has 0 unspecified atom stereocenters. The van der Waals surface area contributed by atoms with E-state index in [0.717, 1.165) is 17.7 Å². The van der Waals surface area contributed by atoms with Gasteiger partial charge >= 0.3 is 5.97 Å². The maximum absolute atomic E-state index is 12.7. The number of halogens is 1. The molecule has 140 valence electrons. The van der Waals surface area contributed by atoms with E-state index in [9.17, 15) is 9.59 Å². The number of hydrogen-bond donors (Lipinski definition) is 0. The van der Waals surface area contributed by atoms with E-state index < -0.39 is 0 Å². The number of hydrazone groups is 1. The van der Waals surface area contributed by atoms with Crippen LogP contribution in [0.5, 0.6) is 0 Å². The molecule has 0 radical (unpaired) electrons. The van der Waals surface area contributed by atoms with Crippen LogP contribution in [0.2, 0.25) is 5.02 Å². The van der Waals surface area contributed by atoms with E-state index >= 15 is 0 Å². The standard InChI is InChI=1S/C20H19ClN2O4/c1-12-9-15(12)20(25)27-11-19(24)23-17(18-3-2-8-26-18)10-16(22-23)13-4-6-14(21)7-5-13/h2-8,12,15,17H,9-11H2,1H3/t12-,15-,17+/m1/s1. The molecule has 2 aliphatic rings. The molecule has 0 saturated heterocycles. The van der Waals surface area contributed by atoms with Crippen molar-refractivity contribution in [1.82, 2.24) is 5.01 Å². The molecule has 0 N–H and O–H groups in total. The lowest BCUT2D eigenvalue weighted by atomic mass is 10.0. The molecular weight excluding hydrogens is 368 g/mol. The van der Waals surface area contributed by atoms with Gasteiger partial charge in [-0.3, -0.25) is 9.59 Å². The summed E-state index contributed by atoms with van der Waals surface area (Å²) < 4.78 is 10.7. The maximum Gasteiger partial charge on any atom is 0.309 e. The van der Waals surface area contributed by atoms with Gasteiger partial charge in [-0.1, -0.05) is 30.7 Å². The highest BCUT2D eigenvalue weighted by Gasteiger charge is 2.41. The molecule has 1 aliphatic carbocycles. The molecule has 6 nitrogen and oxygen atoms in total. The number of rotatable bonds is 5. The normalized spacial score (nSPS) is 23.9. The van der Waals surface area contributed by atoms with E-state index in [1.807, 2.05) is 25.1 Å². The first-order valence-electron chi connectivity index (χ1n) is 8.88. The molecule has 27 heavy (non-hydrogen) atoms. The smallest absolute Gasteiger partial charge is 0.309 e. The average molecular weight is 387 g/mol. The lowest BCUT2D eigenvalue weighted by molar-refractivity contribution is -0.154. The van der Waals surface area contributed by atoms with Gasteiger partial charge in [-0.2, -0.15) is 5.10 Å². The predicted octanol–water partition coefficient (Wildman–Crippen LogP) is 3.81. The van der Waals surface area contributed by atoms with Gasteiger partial charge in [0, 0.05) is 11.4 Å². The summed E-state index contributed by atoms with van der Waals surface area (Å²) in [5.41, 5.74) is 1.64. The van der Waals surface area contributed by atoms with Crippen LogP contribution in [0.25, 0.3) is 0 Å². The minimum atomic E-state index is -0.373. The van der Waals surface area contributed by atoms with E-state index in [1.54, 1.807) is 24.5 Å². The minimum absolute atomic E-state index is 0.0784. The molecule has 0 spiro atoms. The zero-order valence-corrected chi connectivity index (χ0v) is 15.6. The van der Waals surface area contributed by atoms with Crippen LogP contribution >= 0.6 is 11.6 Å². The van der Waals surface area contributed by atoms with Crippen LogP contribution in [0.4, 0.5) is 0 Å². The van der Waals surface area contributed by atoms with Crippen molar-refractivity contribution in [2.75, 3.05) is 6.61 Å². The summed E-state index contributed by atoms with van der Waals surface area (Å²) in [5.74, 6) is 0.210. The van der Waals surface area contributed by atoms with Gasteiger partial charge in [0.1, 0.15) is 11.8 Å². The van der Waals surface area contributed by atoms with Crippen LogP contribution in [0.15, 0.2) is 52.2 Å². The van der Waals surface area contributed by atoms with Crippen LogP contribution in [0.1, 0.15) is 37.1 Å². The Labute approximate surface area is 161 Å². The molecule has 1 aromatic carbocycles. The fourth-order valence-corrected chi connectivity index (χ4v) is 3.34. The van der Waals surface area contributed by atoms with Crippen LogP contribution in [-0.4, -0.2) is 29.2 Å². The van der Waals surface area contributed by atoms with Crippen molar-refractivity contribution in [3.05, 3.63) is 59.0 Å². The third-order valence-electron chi connectivity index (χ3n) is 4.97. The Morgan fingerprint density at radius 3 is 2.67 bits per heavy atom. The average Bonchev–Trinajstić information content (AvgIpc) is 3.08. The van der Waals surface area contributed by atoms with Crippen LogP contribution in [-0.2, 0) is 14.3 Å². The van der Waals surface area contributed by atoms with E-state index in [2.05, 4.69) is 5.10 Å². The van der Waals surface area contributed by atoms with E-state index in [1.165, 1.54) is 5.01 Å². The summed E-state index contributed by atoms with van der Waals surface area (Å²) in [4.78, 5) is 24.6. The molecule has 3 atom stereocenters. The molecule has 2 aromatic rings. The molecule has 7 heteroatoms. The number of esters is 1. The fourth-order valence-electron chi connectivity index (χ4n) is 3.22. The number of carbonyl (C=O) groups excluding carboxylic acids is 2. The number of hydrogen-bond acceptors (Lipinski definition) is 5. The van der Waals surface area contributed by atoms with Crippen LogP contribution in [0, 0.1) is 11.8 Å². The Bertz CT molecular complexity index is 876. The summed E-state index contributed by atoms with van der Waals surface area (Å²) >= 11 is 5.95. The van der Waals surface area contributed by atoms with E-state index in [-0.39, 0.29) is 30.4 Å². The van der Waals surface area contributed by atoms with Gasteiger partial charge in [-0.15, -0.1) is 0 Å². The second-order valence-corrected chi connectivity index (χ2v) is 7.39. The van der Waals surface area contributed by atoms with Gasteiger partial charge < -0.3 is 9.15 Å². The topological polar surface area (TPSA) is 72.1 Å². The van der Waals surface area contributed by atoms with Gasteiger partial charge in [0.05, 0.1) is 17.9 Å². The second kappa shape index (κ2) is 7.19. The summed E-state index contributed by atoms with van der Waals surface area (Å²) in [6.45, 7) is 1.67. The van der Waals surface area contributed by atoms with Crippen molar-refractivity contribution < 1.29 is 18.7 Å². The third kappa shape index (κ3) is 3.76. The zero-order chi connectivity index (χ0) is 19.0. The zero-order valence-electron chi connectivity index (χ0n) is 14.8. The Morgan fingerprint density at radius 1 is 1.30 bits per heavy atom. The second-order valence-electron chi connectivity index (χ2n) is 6.95. The Morgan fingerprint density at radius 2 is 2.04 bits per heavy atom. The molecular formula is C20H19ClN2O4. The molecule has 1 aromatic heterocycles. The van der Waals surface area contributed by atoms with Crippen LogP contribution in [0.3, 0.4) is 0 Å². The number of nitrogens with zero attached hydrogens (tertiary/aromatic N) is 2. The fraction of sp³-hybridized carbons (Fsp3) is 0.350. The highest BCUT2D eigenvalue weighted by molar-refractivity contribution is 6.30. The number of furan rings is 1. The quantitative estimate of drug-likeness (QED) is 0.732. The van der Waals surface area contributed by atoms with E-state index in [0.29, 0.717) is 23.1 Å². The first kappa shape index (κ1) is 17.8. The van der Waals surface area contributed by atoms with Gasteiger partial charge in [0.15, 0.2) is 6.61 Å². The Kier molecular flexibility index (Phi) is 4.74. The van der Waals surface area contributed by atoms with Gasteiger partial charge in [0.2, 0.25) is 0 Å².